The van der Waals surface area contributed by atoms with Crippen LogP contribution in [0.3, 0.4) is 0 Å². The summed E-state index contributed by atoms with van der Waals surface area (Å²) in [5.41, 5.74) is 1.83. The number of aryl methyl sites for hydroxylation is 3. The van der Waals surface area contributed by atoms with Crippen molar-refractivity contribution in [2.24, 2.45) is 7.05 Å². The fraction of sp³-hybridized carbons (Fsp3) is 0.400. The van der Waals surface area contributed by atoms with E-state index in [0.29, 0.717) is 5.82 Å². The third-order valence-electron chi connectivity index (χ3n) is 4.03. The van der Waals surface area contributed by atoms with Crippen LogP contribution in [0.2, 0.25) is 0 Å². The zero-order valence-electron chi connectivity index (χ0n) is 13.4. The summed E-state index contributed by atoms with van der Waals surface area (Å²) in [6, 6.07) is 0. The molecule has 1 fully saturated rings. The molecular formula is C15H18N8. The van der Waals surface area contributed by atoms with Crippen LogP contribution < -0.4 is 4.90 Å². The Bertz CT molecular complexity index is 861. The average Bonchev–Trinajstić information content (AvgIpc) is 3.04. The quantitative estimate of drug-likeness (QED) is 0.724. The minimum atomic E-state index is 0.637. The monoisotopic (exact) mass is 310 g/mol. The van der Waals surface area contributed by atoms with Gasteiger partial charge in [-0.15, -0.1) is 10.2 Å². The fourth-order valence-corrected chi connectivity index (χ4v) is 2.51. The largest absolute Gasteiger partial charge is 0.339 e. The topological polar surface area (TPSA) is 77.0 Å². The van der Waals surface area contributed by atoms with E-state index in [-0.39, 0.29) is 0 Å². The maximum absolute atomic E-state index is 4.55. The fourth-order valence-electron chi connectivity index (χ4n) is 2.51. The molecule has 1 aliphatic heterocycles. The minimum absolute atomic E-state index is 0.637. The maximum Gasteiger partial charge on any atom is 0.245 e. The first-order chi connectivity index (χ1) is 11.1. The van der Waals surface area contributed by atoms with Gasteiger partial charge in [0.2, 0.25) is 5.95 Å². The SMILES string of the molecule is Cc1cnc(C)n2nc(C=Cc3nc(N4CCC4)nn3C)nc12. The van der Waals surface area contributed by atoms with Gasteiger partial charge in [0.25, 0.3) is 0 Å². The van der Waals surface area contributed by atoms with Crippen LogP contribution in [-0.4, -0.2) is 47.4 Å². The summed E-state index contributed by atoms with van der Waals surface area (Å²) >= 11 is 0. The smallest absolute Gasteiger partial charge is 0.245 e. The molecule has 1 aliphatic rings. The molecule has 1 saturated heterocycles. The molecule has 3 aromatic rings. The highest BCUT2D eigenvalue weighted by Crippen LogP contribution is 2.17. The van der Waals surface area contributed by atoms with Crippen LogP contribution in [0.4, 0.5) is 5.95 Å². The first-order valence-electron chi connectivity index (χ1n) is 7.65. The highest BCUT2D eigenvalue weighted by molar-refractivity contribution is 5.65. The van der Waals surface area contributed by atoms with Crippen LogP contribution in [0.15, 0.2) is 6.20 Å². The molecule has 8 nitrogen and oxygen atoms in total. The number of nitrogens with zero attached hydrogens (tertiary/aromatic N) is 8. The predicted octanol–water partition coefficient (Wildman–Crippen LogP) is 1.25. The van der Waals surface area contributed by atoms with Crippen molar-refractivity contribution < 1.29 is 0 Å². The molecule has 0 radical (unpaired) electrons. The third kappa shape index (κ3) is 2.36. The normalized spacial score (nSPS) is 14.8. The molecular weight excluding hydrogens is 292 g/mol. The Balaban J connectivity index is 1.65. The van der Waals surface area contributed by atoms with Crippen molar-refractivity contribution in [3.05, 3.63) is 29.2 Å². The molecule has 0 spiro atoms. The molecule has 0 aliphatic carbocycles. The molecule has 0 saturated carbocycles. The lowest BCUT2D eigenvalue weighted by Gasteiger charge is -2.29. The molecule has 8 heteroatoms. The van der Waals surface area contributed by atoms with Gasteiger partial charge in [0.05, 0.1) is 0 Å². The standard InChI is InChI=1S/C15H18N8/c1-10-9-16-11(2)23-14(10)17-12(19-23)5-6-13-18-15(20-21(13)3)22-7-4-8-22/h5-6,9H,4,7-8H2,1-3H3. The lowest BCUT2D eigenvalue weighted by atomic mass is 10.2. The first kappa shape index (κ1) is 13.9. The van der Waals surface area contributed by atoms with Crippen LogP contribution in [0.25, 0.3) is 17.8 Å². The van der Waals surface area contributed by atoms with Gasteiger partial charge in [0.15, 0.2) is 17.3 Å². The van der Waals surface area contributed by atoms with Crippen molar-refractivity contribution in [3.63, 3.8) is 0 Å². The van der Waals surface area contributed by atoms with Gasteiger partial charge < -0.3 is 4.90 Å². The van der Waals surface area contributed by atoms with Crippen LogP contribution in [-0.2, 0) is 7.05 Å². The van der Waals surface area contributed by atoms with Gasteiger partial charge in [-0.1, -0.05) is 0 Å². The third-order valence-corrected chi connectivity index (χ3v) is 4.03. The van der Waals surface area contributed by atoms with E-state index in [0.717, 1.165) is 41.9 Å². The van der Waals surface area contributed by atoms with E-state index >= 15 is 0 Å². The van der Waals surface area contributed by atoms with Crippen LogP contribution in [0, 0.1) is 13.8 Å². The van der Waals surface area contributed by atoms with Crippen LogP contribution >= 0.6 is 0 Å². The Hall–Kier alpha value is -2.77. The molecule has 0 aromatic carbocycles. The Kier molecular flexibility index (Phi) is 3.10. The Morgan fingerprint density at radius 3 is 2.61 bits per heavy atom. The van der Waals surface area contributed by atoms with Crippen molar-refractivity contribution >= 4 is 23.7 Å². The van der Waals surface area contributed by atoms with Crippen LogP contribution in [0.1, 0.15) is 29.5 Å². The number of anilines is 1. The van der Waals surface area contributed by atoms with E-state index in [9.17, 15) is 0 Å². The summed E-state index contributed by atoms with van der Waals surface area (Å²) in [5.74, 6) is 3.03. The molecule has 3 aromatic heterocycles. The second kappa shape index (κ2) is 5.15. The molecule has 4 heterocycles. The number of rotatable bonds is 3. The summed E-state index contributed by atoms with van der Waals surface area (Å²) < 4.78 is 3.54. The minimum Gasteiger partial charge on any atom is -0.339 e. The summed E-state index contributed by atoms with van der Waals surface area (Å²) in [6.07, 6.45) is 6.77. The molecule has 0 atom stereocenters. The predicted molar refractivity (Wildman–Crippen MR) is 87.0 cm³/mol. The van der Waals surface area contributed by atoms with Gasteiger partial charge in [-0.05, 0) is 32.4 Å². The molecule has 23 heavy (non-hydrogen) atoms. The lowest BCUT2D eigenvalue weighted by Crippen LogP contribution is -2.37. The van der Waals surface area contributed by atoms with Gasteiger partial charge in [0, 0.05) is 31.9 Å². The molecule has 0 bridgehead atoms. The summed E-state index contributed by atoms with van der Waals surface area (Å²) in [4.78, 5) is 15.6. The highest BCUT2D eigenvalue weighted by atomic mass is 15.4. The van der Waals surface area contributed by atoms with E-state index < -0.39 is 0 Å². The Morgan fingerprint density at radius 2 is 1.91 bits per heavy atom. The molecule has 0 N–H and O–H groups in total. The number of hydrogen-bond acceptors (Lipinski definition) is 6. The Morgan fingerprint density at radius 1 is 1.09 bits per heavy atom. The van der Waals surface area contributed by atoms with E-state index in [2.05, 4.69) is 30.0 Å². The summed E-state index contributed by atoms with van der Waals surface area (Å²) in [5, 5.41) is 8.92. The number of hydrogen-bond donors (Lipinski definition) is 0. The highest BCUT2D eigenvalue weighted by Gasteiger charge is 2.19. The van der Waals surface area contributed by atoms with Crippen molar-refractivity contribution in [1.29, 1.82) is 0 Å². The first-order valence-corrected chi connectivity index (χ1v) is 7.65. The van der Waals surface area contributed by atoms with E-state index in [4.69, 9.17) is 0 Å². The van der Waals surface area contributed by atoms with Crippen molar-refractivity contribution in [2.75, 3.05) is 18.0 Å². The lowest BCUT2D eigenvalue weighted by molar-refractivity contribution is 0.596. The number of aromatic nitrogens is 7. The summed E-state index contributed by atoms with van der Waals surface area (Å²) in [6.45, 7) is 5.96. The summed E-state index contributed by atoms with van der Waals surface area (Å²) in [7, 11) is 1.89. The van der Waals surface area contributed by atoms with Crippen molar-refractivity contribution in [2.45, 2.75) is 20.3 Å². The van der Waals surface area contributed by atoms with Gasteiger partial charge in [-0.2, -0.15) is 9.50 Å². The van der Waals surface area contributed by atoms with Crippen molar-refractivity contribution in [1.82, 2.24) is 34.3 Å². The van der Waals surface area contributed by atoms with E-state index in [1.54, 1.807) is 9.20 Å². The number of fused-ring (bicyclic) bond motifs is 1. The molecule has 118 valence electrons. The van der Waals surface area contributed by atoms with Gasteiger partial charge in [-0.25, -0.2) is 14.6 Å². The van der Waals surface area contributed by atoms with E-state index in [1.807, 2.05) is 39.2 Å². The molecule has 0 unspecified atom stereocenters. The van der Waals surface area contributed by atoms with Gasteiger partial charge in [-0.3, -0.25) is 0 Å². The Labute approximate surface area is 133 Å². The average molecular weight is 310 g/mol. The maximum atomic E-state index is 4.55. The zero-order chi connectivity index (χ0) is 16.0. The zero-order valence-corrected chi connectivity index (χ0v) is 13.4. The van der Waals surface area contributed by atoms with Gasteiger partial charge in [0.1, 0.15) is 5.82 Å². The van der Waals surface area contributed by atoms with Crippen molar-refractivity contribution in [3.8, 4) is 0 Å². The van der Waals surface area contributed by atoms with Crippen LogP contribution in [0.5, 0.6) is 0 Å². The second-order valence-corrected chi connectivity index (χ2v) is 5.76. The van der Waals surface area contributed by atoms with E-state index in [1.165, 1.54) is 6.42 Å². The molecule has 0 amide bonds. The van der Waals surface area contributed by atoms with Gasteiger partial charge >= 0.3 is 0 Å². The molecule has 4 rings (SSSR count). The second-order valence-electron chi connectivity index (χ2n) is 5.76.